The predicted molar refractivity (Wildman–Crippen MR) is 66.6 cm³/mol. The van der Waals surface area contributed by atoms with Gasteiger partial charge >= 0.3 is 0 Å². The van der Waals surface area contributed by atoms with Crippen LogP contribution < -0.4 is 0 Å². The average Bonchev–Trinajstić information content (AvgIpc) is 2.25. The summed E-state index contributed by atoms with van der Waals surface area (Å²) < 4.78 is 15.3. The molecule has 0 saturated carbocycles. The second kappa shape index (κ2) is 5.15. The Labute approximate surface area is 99.1 Å². The summed E-state index contributed by atoms with van der Waals surface area (Å²) in [5.41, 5.74) is 1.45. The molecule has 1 rings (SSSR count). The third kappa shape index (κ3) is 3.69. The first-order chi connectivity index (χ1) is 7.43. The Bertz CT molecular complexity index is 412. The minimum absolute atomic E-state index is 0.344. The standard InChI is InChI=1S/C12H14N2OS/c1-12(2,3)16(15)14-9-11-6-4-10(8-13)5-7-11/h4-7,9H,1-3H3/b14-9+/t16-/m1/s1. The second-order valence-electron chi connectivity index (χ2n) is 4.33. The number of nitrogens with zero attached hydrogens (tertiary/aromatic N) is 2. The molecule has 0 saturated heterocycles. The van der Waals surface area contributed by atoms with E-state index >= 15 is 0 Å². The van der Waals surface area contributed by atoms with E-state index in [0.29, 0.717) is 5.56 Å². The van der Waals surface area contributed by atoms with Crippen molar-refractivity contribution in [2.45, 2.75) is 25.5 Å². The third-order valence-corrected chi connectivity index (χ3v) is 3.21. The van der Waals surface area contributed by atoms with Gasteiger partial charge in [0.2, 0.25) is 0 Å². The molecule has 3 nitrogen and oxygen atoms in total. The zero-order chi connectivity index (χ0) is 12.2. The van der Waals surface area contributed by atoms with E-state index in [-0.39, 0.29) is 4.75 Å². The molecule has 1 aromatic rings. The van der Waals surface area contributed by atoms with Gasteiger partial charge in [0.1, 0.15) is 16.1 Å². The third-order valence-electron chi connectivity index (χ3n) is 1.86. The Morgan fingerprint density at radius 2 is 1.88 bits per heavy atom. The summed E-state index contributed by atoms with van der Waals surface area (Å²) in [6.07, 6.45) is 1.57. The SMILES string of the molecule is CC(C)(C)[S@@+]([O-])/N=C/c1ccc(C#N)cc1. The van der Waals surface area contributed by atoms with Gasteiger partial charge in [-0.3, -0.25) is 0 Å². The zero-order valence-corrected chi connectivity index (χ0v) is 10.4. The fraction of sp³-hybridized carbons (Fsp3) is 0.333. The van der Waals surface area contributed by atoms with Crippen LogP contribution in [-0.4, -0.2) is 15.5 Å². The van der Waals surface area contributed by atoms with Crippen molar-refractivity contribution < 1.29 is 4.55 Å². The van der Waals surface area contributed by atoms with E-state index in [4.69, 9.17) is 5.26 Å². The smallest absolute Gasteiger partial charge is 0.144 e. The van der Waals surface area contributed by atoms with Crippen LogP contribution in [-0.2, 0) is 11.4 Å². The molecule has 0 heterocycles. The minimum atomic E-state index is -1.24. The highest BCUT2D eigenvalue weighted by Gasteiger charge is 2.25. The Hall–Kier alpha value is -1.31. The molecule has 0 N–H and O–H groups in total. The van der Waals surface area contributed by atoms with Gasteiger partial charge in [0.15, 0.2) is 0 Å². The highest BCUT2D eigenvalue weighted by atomic mass is 32.2. The van der Waals surface area contributed by atoms with Crippen LogP contribution in [0.15, 0.2) is 28.7 Å². The van der Waals surface area contributed by atoms with Gasteiger partial charge in [-0.2, -0.15) is 5.26 Å². The average molecular weight is 234 g/mol. The van der Waals surface area contributed by atoms with Gasteiger partial charge in [0.05, 0.1) is 17.8 Å². The number of hydrogen-bond donors (Lipinski definition) is 0. The molecule has 0 radical (unpaired) electrons. The normalized spacial score (nSPS) is 13.7. The molecule has 1 atom stereocenters. The molecule has 0 aromatic heterocycles. The molecule has 16 heavy (non-hydrogen) atoms. The van der Waals surface area contributed by atoms with Gasteiger partial charge in [0.25, 0.3) is 0 Å². The molecule has 0 bridgehead atoms. The molecule has 0 aliphatic rings. The maximum Gasteiger partial charge on any atom is 0.144 e. The fourth-order valence-corrected chi connectivity index (χ4v) is 1.44. The second-order valence-corrected chi connectivity index (χ2v) is 6.26. The Morgan fingerprint density at radius 1 is 1.31 bits per heavy atom. The molecule has 1 aromatic carbocycles. The molecule has 0 aliphatic heterocycles. The van der Waals surface area contributed by atoms with Crippen molar-refractivity contribution in [3.05, 3.63) is 35.4 Å². The van der Waals surface area contributed by atoms with Gasteiger partial charge in [-0.15, -0.1) is 0 Å². The Kier molecular flexibility index (Phi) is 4.11. The van der Waals surface area contributed by atoms with Gasteiger partial charge in [-0.1, -0.05) is 16.5 Å². The van der Waals surface area contributed by atoms with Crippen molar-refractivity contribution in [2.75, 3.05) is 0 Å². The van der Waals surface area contributed by atoms with Crippen LogP contribution in [0, 0.1) is 11.3 Å². The maximum atomic E-state index is 11.6. The first kappa shape index (κ1) is 12.8. The van der Waals surface area contributed by atoms with E-state index in [1.54, 1.807) is 30.5 Å². The van der Waals surface area contributed by atoms with Crippen LogP contribution in [0.3, 0.4) is 0 Å². The first-order valence-corrected chi connectivity index (χ1v) is 6.00. The fourth-order valence-electron chi connectivity index (χ4n) is 0.911. The summed E-state index contributed by atoms with van der Waals surface area (Å²) in [7, 11) is 0. The van der Waals surface area contributed by atoms with Crippen molar-refractivity contribution in [2.24, 2.45) is 4.40 Å². The van der Waals surface area contributed by atoms with E-state index in [0.717, 1.165) is 5.56 Å². The molecule has 84 valence electrons. The monoisotopic (exact) mass is 234 g/mol. The topological polar surface area (TPSA) is 59.2 Å². The summed E-state index contributed by atoms with van der Waals surface area (Å²) in [6, 6.07) is 9.02. The van der Waals surface area contributed by atoms with Gasteiger partial charge in [-0.25, -0.2) is 0 Å². The highest BCUT2D eigenvalue weighted by Crippen LogP contribution is 2.16. The number of nitriles is 1. The van der Waals surface area contributed by atoms with Crippen LogP contribution in [0.2, 0.25) is 0 Å². The minimum Gasteiger partial charge on any atom is -0.591 e. The van der Waals surface area contributed by atoms with E-state index in [1.807, 2.05) is 26.8 Å². The summed E-state index contributed by atoms with van der Waals surface area (Å²) in [5, 5.41) is 8.62. The van der Waals surface area contributed by atoms with Crippen molar-refractivity contribution in [1.82, 2.24) is 0 Å². The number of rotatable bonds is 2. The van der Waals surface area contributed by atoms with Gasteiger partial charge in [-0.05, 0) is 38.5 Å². The lowest BCUT2D eigenvalue weighted by Gasteiger charge is -2.17. The number of hydrogen-bond acceptors (Lipinski definition) is 3. The van der Waals surface area contributed by atoms with Gasteiger partial charge in [0, 0.05) is 0 Å². The zero-order valence-electron chi connectivity index (χ0n) is 9.60. The highest BCUT2D eigenvalue weighted by molar-refractivity contribution is 7.91. The predicted octanol–water partition coefficient (Wildman–Crippen LogP) is 2.44. The Balaban J connectivity index is 2.74. The molecule has 0 spiro atoms. The number of benzene rings is 1. The van der Waals surface area contributed by atoms with Crippen LogP contribution in [0.4, 0.5) is 0 Å². The van der Waals surface area contributed by atoms with Crippen LogP contribution in [0.5, 0.6) is 0 Å². The summed E-state index contributed by atoms with van der Waals surface area (Å²) in [5.74, 6) is 0. The summed E-state index contributed by atoms with van der Waals surface area (Å²) >= 11 is -1.24. The molecule has 0 unspecified atom stereocenters. The van der Waals surface area contributed by atoms with Crippen molar-refractivity contribution in [3.8, 4) is 6.07 Å². The molecule has 0 amide bonds. The van der Waals surface area contributed by atoms with E-state index in [9.17, 15) is 4.55 Å². The first-order valence-electron chi connectivity index (χ1n) is 4.90. The van der Waals surface area contributed by atoms with Crippen LogP contribution in [0.25, 0.3) is 0 Å². The van der Waals surface area contributed by atoms with Crippen LogP contribution >= 0.6 is 0 Å². The van der Waals surface area contributed by atoms with Crippen molar-refractivity contribution in [1.29, 1.82) is 5.26 Å². The van der Waals surface area contributed by atoms with Gasteiger partial charge < -0.3 is 4.55 Å². The Morgan fingerprint density at radius 3 is 2.31 bits per heavy atom. The van der Waals surface area contributed by atoms with Crippen LogP contribution in [0.1, 0.15) is 31.9 Å². The lowest BCUT2D eigenvalue weighted by Crippen LogP contribution is -2.25. The lowest BCUT2D eigenvalue weighted by molar-refractivity contribution is 0.562. The molecule has 0 aliphatic carbocycles. The quantitative estimate of drug-likeness (QED) is 0.583. The summed E-state index contributed by atoms with van der Waals surface area (Å²) in [4.78, 5) is 0. The summed E-state index contributed by atoms with van der Waals surface area (Å²) in [6.45, 7) is 5.62. The molecular weight excluding hydrogens is 220 g/mol. The maximum absolute atomic E-state index is 11.6. The lowest BCUT2D eigenvalue weighted by atomic mass is 10.2. The van der Waals surface area contributed by atoms with E-state index < -0.39 is 11.4 Å². The molecule has 4 heteroatoms. The van der Waals surface area contributed by atoms with Crippen molar-refractivity contribution in [3.63, 3.8) is 0 Å². The van der Waals surface area contributed by atoms with E-state index in [2.05, 4.69) is 4.40 Å². The largest absolute Gasteiger partial charge is 0.591 e. The van der Waals surface area contributed by atoms with E-state index in [1.165, 1.54) is 0 Å². The van der Waals surface area contributed by atoms with Crippen molar-refractivity contribution >= 4 is 17.6 Å². The molecular formula is C12H14N2OS. The molecule has 0 fully saturated rings.